The molecule has 0 bridgehead atoms. The van der Waals surface area contributed by atoms with E-state index in [0.29, 0.717) is 18.7 Å². The molecule has 5 heteroatoms. The molecule has 1 aromatic rings. The average molecular weight is 281 g/mol. The van der Waals surface area contributed by atoms with Crippen LogP contribution < -0.4 is 0 Å². The van der Waals surface area contributed by atoms with Crippen LogP contribution in [-0.2, 0) is 11.2 Å². The van der Waals surface area contributed by atoms with Crippen LogP contribution in [0.3, 0.4) is 0 Å². The van der Waals surface area contributed by atoms with E-state index in [-0.39, 0.29) is 30.3 Å². The van der Waals surface area contributed by atoms with Crippen LogP contribution in [-0.4, -0.2) is 35.1 Å². The van der Waals surface area contributed by atoms with Crippen molar-refractivity contribution in [3.63, 3.8) is 0 Å². The number of benzene rings is 1. The van der Waals surface area contributed by atoms with Gasteiger partial charge in [0.05, 0.1) is 6.10 Å². The summed E-state index contributed by atoms with van der Waals surface area (Å²) >= 11 is 0. The number of hydrogen-bond donors (Lipinski definition) is 1. The number of hydrogen-bond acceptors (Lipinski definition) is 2. The molecule has 1 N–H and O–H groups in total. The quantitative estimate of drug-likeness (QED) is 0.919. The van der Waals surface area contributed by atoms with Crippen LogP contribution in [0.4, 0.5) is 8.78 Å². The highest BCUT2D eigenvalue weighted by Crippen LogP contribution is 2.48. The molecule has 2 fully saturated rings. The van der Waals surface area contributed by atoms with Gasteiger partial charge in [0.25, 0.3) is 0 Å². The summed E-state index contributed by atoms with van der Waals surface area (Å²) in [4.78, 5) is 13.7. The van der Waals surface area contributed by atoms with Gasteiger partial charge in [0.1, 0.15) is 11.6 Å². The number of amides is 1. The van der Waals surface area contributed by atoms with E-state index in [0.717, 1.165) is 18.9 Å². The van der Waals surface area contributed by atoms with Crippen molar-refractivity contribution in [1.82, 2.24) is 4.90 Å². The van der Waals surface area contributed by atoms with E-state index < -0.39 is 11.6 Å². The largest absolute Gasteiger partial charge is 0.393 e. The topological polar surface area (TPSA) is 40.5 Å². The van der Waals surface area contributed by atoms with Gasteiger partial charge in [0, 0.05) is 31.0 Å². The third-order valence-corrected chi connectivity index (χ3v) is 4.37. The zero-order chi connectivity index (χ0) is 14.3. The molecule has 0 radical (unpaired) electrons. The zero-order valence-corrected chi connectivity index (χ0v) is 11.1. The van der Waals surface area contributed by atoms with E-state index in [1.54, 1.807) is 4.90 Å². The predicted octanol–water partition coefficient (Wildman–Crippen LogP) is 1.88. The van der Waals surface area contributed by atoms with Gasteiger partial charge >= 0.3 is 0 Å². The summed E-state index contributed by atoms with van der Waals surface area (Å²) in [6.45, 7) is 1.41. The Kier molecular flexibility index (Phi) is 3.24. The molecule has 1 aromatic carbocycles. The molecule has 0 aromatic heterocycles. The van der Waals surface area contributed by atoms with Crippen LogP contribution in [0.2, 0.25) is 0 Å². The normalized spacial score (nSPS) is 20.6. The summed E-state index contributed by atoms with van der Waals surface area (Å²) < 4.78 is 26.2. The first-order valence-corrected chi connectivity index (χ1v) is 6.87. The number of aryl methyl sites for hydroxylation is 1. The summed E-state index contributed by atoms with van der Waals surface area (Å²) in [5.74, 6) is -1.20. The molecule has 1 heterocycles. The monoisotopic (exact) mass is 281 g/mol. The van der Waals surface area contributed by atoms with E-state index >= 15 is 0 Å². The van der Waals surface area contributed by atoms with Crippen molar-refractivity contribution in [3.05, 3.63) is 35.4 Å². The Bertz CT molecular complexity index is 533. The van der Waals surface area contributed by atoms with Crippen LogP contribution >= 0.6 is 0 Å². The minimum atomic E-state index is -0.606. The third kappa shape index (κ3) is 2.42. The van der Waals surface area contributed by atoms with Crippen molar-refractivity contribution in [2.24, 2.45) is 5.41 Å². The van der Waals surface area contributed by atoms with Crippen LogP contribution in [0.15, 0.2) is 18.2 Å². The average Bonchev–Trinajstić information content (AvgIpc) is 2.30. The first-order chi connectivity index (χ1) is 9.47. The van der Waals surface area contributed by atoms with Crippen molar-refractivity contribution < 1.29 is 18.7 Å². The number of likely N-dealkylation sites (tertiary alicyclic amines) is 1. The van der Waals surface area contributed by atoms with Gasteiger partial charge in [-0.1, -0.05) is 6.07 Å². The van der Waals surface area contributed by atoms with Gasteiger partial charge in [-0.15, -0.1) is 0 Å². The van der Waals surface area contributed by atoms with E-state index in [1.807, 2.05) is 0 Å². The van der Waals surface area contributed by atoms with Gasteiger partial charge in [-0.05, 0) is 30.9 Å². The van der Waals surface area contributed by atoms with Gasteiger partial charge in [-0.3, -0.25) is 4.79 Å². The molecule has 1 spiro atoms. The van der Waals surface area contributed by atoms with E-state index in [2.05, 4.69) is 0 Å². The molecule has 1 amide bonds. The minimum absolute atomic E-state index is 0.000685. The molecule has 3 nitrogen and oxygen atoms in total. The second-order valence-corrected chi connectivity index (χ2v) is 6.05. The van der Waals surface area contributed by atoms with Crippen molar-refractivity contribution in [1.29, 1.82) is 0 Å². The van der Waals surface area contributed by atoms with Crippen LogP contribution in [0.25, 0.3) is 0 Å². The number of aliphatic hydroxyl groups is 1. The molecule has 108 valence electrons. The lowest BCUT2D eigenvalue weighted by Crippen LogP contribution is -2.65. The molecule has 1 aliphatic carbocycles. The minimum Gasteiger partial charge on any atom is -0.393 e. The molecule has 0 unspecified atom stereocenters. The fraction of sp³-hybridized carbons (Fsp3) is 0.533. The Morgan fingerprint density at radius 2 is 2.05 bits per heavy atom. The van der Waals surface area contributed by atoms with E-state index in [4.69, 9.17) is 0 Å². The highest BCUT2D eigenvalue weighted by atomic mass is 19.1. The summed E-state index contributed by atoms with van der Waals surface area (Å²) in [5, 5.41) is 9.30. The molecular weight excluding hydrogens is 264 g/mol. The van der Waals surface area contributed by atoms with Crippen molar-refractivity contribution in [2.75, 3.05) is 13.1 Å². The van der Waals surface area contributed by atoms with Crippen LogP contribution in [0.1, 0.15) is 24.8 Å². The summed E-state index contributed by atoms with van der Waals surface area (Å²) in [6.07, 6.45) is 1.88. The Balaban J connectivity index is 1.48. The molecule has 1 saturated carbocycles. The van der Waals surface area contributed by atoms with Crippen molar-refractivity contribution >= 4 is 5.91 Å². The molecule has 3 rings (SSSR count). The molecule has 1 aliphatic heterocycles. The second kappa shape index (κ2) is 4.81. The Labute approximate surface area is 116 Å². The predicted molar refractivity (Wildman–Crippen MR) is 68.9 cm³/mol. The number of rotatable bonds is 3. The lowest BCUT2D eigenvalue weighted by molar-refractivity contribution is -0.162. The lowest BCUT2D eigenvalue weighted by Gasteiger charge is -2.57. The molecular formula is C15H17F2NO2. The smallest absolute Gasteiger partial charge is 0.222 e. The SMILES string of the molecule is O=C(CCc1ccc(F)cc1F)N1CC2(CC(O)C2)C1. The van der Waals surface area contributed by atoms with Crippen LogP contribution in [0, 0.1) is 17.0 Å². The highest BCUT2D eigenvalue weighted by molar-refractivity contribution is 5.77. The molecule has 2 aliphatic rings. The number of halogens is 2. The van der Waals surface area contributed by atoms with E-state index in [1.165, 1.54) is 12.1 Å². The summed E-state index contributed by atoms with van der Waals surface area (Å²) in [7, 11) is 0. The van der Waals surface area contributed by atoms with Gasteiger partial charge in [0.15, 0.2) is 0 Å². The number of nitrogens with zero attached hydrogens (tertiary/aromatic N) is 1. The Hall–Kier alpha value is -1.49. The third-order valence-electron chi connectivity index (χ3n) is 4.37. The first-order valence-electron chi connectivity index (χ1n) is 6.87. The molecule has 1 saturated heterocycles. The fourth-order valence-corrected chi connectivity index (χ4v) is 3.26. The van der Waals surface area contributed by atoms with Gasteiger partial charge in [-0.2, -0.15) is 0 Å². The second-order valence-electron chi connectivity index (χ2n) is 6.05. The van der Waals surface area contributed by atoms with Gasteiger partial charge < -0.3 is 10.0 Å². The van der Waals surface area contributed by atoms with Gasteiger partial charge in [0.2, 0.25) is 5.91 Å². The fourth-order valence-electron chi connectivity index (χ4n) is 3.26. The first kappa shape index (κ1) is 13.5. The van der Waals surface area contributed by atoms with E-state index in [9.17, 15) is 18.7 Å². The maximum Gasteiger partial charge on any atom is 0.222 e. The van der Waals surface area contributed by atoms with Crippen molar-refractivity contribution in [3.8, 4) is 0 Å². The Morgan fingerprint density at radius 1 is 1.35 bits per heavy atom. The summed E-state index contributed by atoms with van der Waals surface area (Å²) in [6, 6.07) is 3.43. The maximum atomic E-state index is 13.4. The summed E-state index contributed by atoms with van der Waals surface area (Å²) in [5.41, 5.74) is 0.519. The van der Waals surface area contributed by atoms with Gasteiger partial charge in [-0.25, -0.2) is 8.78 Å². The number of aliphatic hydroxyl groups excluding tert-OH is 1. The lowest BCUT2D eigenvalue weighted by atomic mass is 9.62. The Morgan fingerprint density at radius 3 is 2.65 bits per heavy atom. The molecule has 20 heavy (non-hydrogen) atoms. The highest BCUT2D eigenvalue weighted by Gasteiger charge is 2.52. The van der Waals surface area contributed by atoms with Crippen molar-refractivity contribution in [2.45, 2.75) is 31.8 Å². The number of carbonyl (C=O) groups excluding carboxylic acids is 1. The standard InChI is InChI=1S/C15H17F2NO2/c16-11-3-1-10(13(17)5-11)2-4-14(20)18-8-15(9-18)6-12(19)7-15/h1,3,5,12,19H,2,4,6-9H2. The van der Waals surface area contributed by atoms with Crippen LogP contribution in [0.5, 0.6) is 0 Å². The maximum absolute atomic E-state index is 13.4. The molecule has 0 atom stereocenters. The zero-order valence-electron chi connectivity index (χ0n) is 11.1. The number of carbonyl (C=O) groups is 1.